The standard InChI is InChI=1S/C14H18FN3/c1-3-18-11-13(8-16-18)10-17(2)9-12-4-6-14(15)7-5-12/h4-8,11H,3,9-10H2,1-2H3. The van der Waals surface area contributed by atoms with Gasteiger partial charge in [-0.15, -0.1) is 0 Å². The number of aromatic nitrogens is 2. The molecule has 0 aliphatic heterocycles. The molecule has 0 aliphatic carbocycles. The molecule has 3 nitrogen and oxygen atoms in total. The minimum absolute atomic E-state index is 0.189. The maximum Gasteiger partial charge on any atom is 0.123 e. The Morgan fingerprint density at radius 3 is 2.44 bits per heavy atom. The van der Waals surface area contributed by atoms with Crippen LogP contribution in [0.25, 0.3) is 0 Å². The van der Waals surface area contributed by atoms with E-state index in [-0.39, 0.29) is 5.82 Å². The van der Waals surface area contributed by atoms with Crippen LogP contribution >= 0.6 is 0 Å². The van der Waals surface area contributed by atoms with Gasteiger partial charge < -0.3 is 0 Å². The zero-order chi connectivity index (χ0) is 13.0. The molecule has 4 heteroatoms. The predicted molar refractivity (Wildman–Crippen MR) is 69.5 cm³/mol. The Labute approximate surface area is 107 Å². The first kappa shape index (κ1) is 12.8. The topological polar surface area (TPSA) is 21.1 Å². The largest absolute Gasteiger partial charge is 0.298 e. The van der Waals surface area contributed by atoms with Crippen LogP contribution in [-0.2, 0) is 19.6 Å². The molecule has 2 aromatic rings. The molecule has 0 N–H and O–H groups in total. The van der Waals surface area contributed by atoms with Crippen molar-refractivity contribution in [3.63, 3.8) is 0 Å². The number of rotatable bonds is 5. The molecule has 0 atom stereocenters. The summed E-state index contributed by atoms with van der Waals surface area (Å²) in [4.78, 5) is 2.18. The van der Waals surface area contributed by atoms with Crippen molar-refractivity contribution in [3.8, 4) is 0 Å². The summed E-state index contributed by atoms with van der Waals surface area (Å²) in [5.41, 5.74) is 2.31. The minimum atomic E-state index is -0.189. The van der Waals surface area contributed by atoms with Crippen LogP contribution in [0.15, 0.2) is 36.7 Å². The van der Waals surface area contributed by atoms with Gasteiger partial charge in [0.25, 0.3) is 0 Å². The second-order valence-corrected chi connectivity index (χ2v) is 4.50. The molecule has 96 valence electrons. The normalized spacial score (nSPS) is 11.1. The summed E-state index contributed by atoms with van der Waals surface area (Å²) < 4.78 is 14.7. The highest BCUT2D eigenvalue weighted by molar-refractivity contribution is 5.16. The predicted octanol–water partition coefficient (Wildman–Crippen LogP) is 2.67. The van der Waals surface area contributed by atoms with Crippen molar-refractivity contribution < 1.29 is 4.39 Å². The third-order valence-electron chi connectivity index (χ3n) is 2.83. The second-order valence-electron chi connectivity index (χ2n) is 4.50. The molecule has 0 amide bonds. The van der Waals surface area contributed by atoms with Gasteiger partial charge in [0.2, 0.25) is 0 Å². The van der Waals surface area contributed by atoms with E-state index < -0.39 is 0 Å². The summed E-state index contributed by atoms with van der Waals surface area (Å²) in [5, 5.41) is 4.25. The molecule has 0 aliphatic rings. The average Bonchev–Trinajstić information content (AvgIpc) is 2.79. The molecule has 1 aromatic heterocycles. The number of benzene rings is 1. The lowest BCUT2D eigenvalue weighted by Gasteiger charge is -2.15. The van der Waals surface area contributed by atoms with E-state index >= 15 is 0 Å². The van der Waals surface area contributed by atoms with Crippen molar-refractivity contribution in [2.24, 2.45) is 0 Å². The van der Waals surface area contributed by atoms with E-state index in [0.717, 1.165) is 25.2 Å². The minimum Gasteiger partial charge on any atom is -0.298 e. The Bertz CT molecular complexity index is 490. The molecule has 0 unspecified atom stereocenters. The maximum absolute atomic E-state index is 12.8. The number of halogens is 1. The summed E-state index contributed by atoms with van der Waals surface area (Å²) in [5.74, 6) is -0.189. The molecule has 0 radical (unpaired) electrons. The Morgan fingerprint density at radius 1 is 1.17 bits per heavy atom. The second kappa shape index (κ2) is 5.78. The fraction of sp³-hybridized carbons (Fsp3) is 0.357. The molecule has 2 rings (SSSR count). The van der Waals surface area contributed by atoms with Crippen molar-refractivity contribution in [2.75, 3.05) is 7.05 Å². The Balaban J connectivity index is 1.91. The van der Waals surface area contributed by atoms with Gasteiger partial charge in [0.1, 0.15) is 5.82 Å². The number of aryl methyl sites for hydroxylation is 1. The molecule has 0 spiro atoms. The molecule has 0 bridgehead atoms. The van der Waals surface area contributed by atoms with Crippen molar-refractivity contribution >= 4 is 0 Å². The van der Waals surface area contributed by atoms with E-state index in [9.17, 15) is 4.39 Å². The third kappa shape index (κ3) is 3.40. The van der Waals surface area contributed by atoms with E-state index in [1.165, 1.54) is 17.7 Å². The van der Waals surface area contributed by atoms with Gasteiger partial charge in [0.15, 0.2) is 0 Å². The fourth-order valence-corrected chi connectivity index (χ4v) is 1.93. The van der Waals surface area contributed by atoms with Gasteiger partial charge >= 0.3 is 0 Å². The van der Waals surface area contributed by atoms with Gasteiger partial charge in [-0.05, 0) is 31.7 Å². The van der Waals surface area contributed by atoms with Crippen molar-refractivity contribution in [1.29, 1.82) is 0 Å². The molecule has 1 aromatic carbocycles. The Kier molecular flexibility index (Phi) is 4.10. The van der Waals surface area contributed by atoms with E-state index in [1.807, 2.05) is 30.1 Å². The monoisotopic (exact) mass is 247 g/mol. The molecule has 0 fully saturated rings. The van der Waals surface area contributed by atoms with Crippen molar-refractivity contribution in [2.45, 2.75) is 26.6 Å². The lowest BCUT2D eigenvalue weighted by molar-refractivity contribution is 0.319. The van der Waals surface area contributed by atoms with Crippen LogP contribution in [0.5, 0.6) is 0 Å². The van der Waals surface area contributed by atoms with Crippen LogP contribution in [0.4, 0.5) is 4.39 Å². The summed E-state index contributed by atoms with van der Waals surface area (Å²) in [6, 6.07) is 6.64. The SMILES string of the molecule is CCn1cc(CN(C)Cc2ccc(F)cc2)cn1. The van der Waals surface area contributed by atoms with Gasteiger partial charge in [-0.2, -0.15) is 5.10 Å². The van der Waals surface area contributed by atoms with Crippen LogP contribution in [0.3, 0.4) is 0 Å². The molecule has 0 saturated heterocycles. The first-order valence-electron chi connectivity index (χ1n) is 6.11. The molecule has 0 saturated carbocycles. The lowest BCUT2D eigenvalue weighted by Crippen LogP contribution is -2.16. The van der Waals surface area contributed by atoms with E-state index in [2.05, 4.69) is 23.1 Å². The van der Waals surface area contributed by atoms with Crippen molar-refractivity contribution in [3.05, 3.63) is 53.6 Å². The summed E-state index contributed by atoms with van der Waals surface area (Å²) in [6.45, 7) is 4.61. The Hall–Kier alpha value is -1.68. The highest BCUT2D eigenvalue weighted by atomic mass is 19.1. The zero-order valence-electron chi connectivity index (χ0n) is 10.8. The van der Waals surface area contributed by atoms with Crippen LogP contribution in [0, 0.1) is 5.82 Å². The van der Waals surface area contributed by atoms with Crippen molar-refractivity contribution in [1.82, 2.24) is 14.7 Å². The smallest absolute Gasteiger partial charge is 0.123 e. The number of nitrogens with zero attached hydrogens (tertiary/aromatic N) is 3. The van der Waals surface area contributed by atoms with Crippen LogP contribution in [0.2, 0.25) is 0 Å². The zero-order valence-corrected chi connectivity index (χ0v) is 10.8. The van der Waals surface area contributed by atoms with Gasteiger partial charge in [0.05, 0.1) is 6.20 Å². The maximum atomic E-state index is 12.8. The van der Waals surface area contributed by atoms with Gasteiger partial charge in [-0.3, -0.25) is 9.58 Å². The third-order valence-corrected chi connectivity index (χ3v) is 2.83. The van der Waals surface area contributed by atoms with Gasteiger partial charge in [-0.25, -0.2) is 4.39 Å². The lowest BCUT2D eigenvalue weighted by atomic mass is 10.2. The highest BCUT2D eigenvalue weighted by Gasteiger charge is 2.04. The summed E-state index contributed by atoms with van der Waals surface area (Å²) in [6.07, 6.45) is 3.95. The van der Waals surface area contributed by atoms with Crippen LogP contribution < -0.4 is 0 Å². The number of hydrogen-bond acceptors (Lipinski definition) is 2. The van der Waals surface area contributed by atoms with E-state index in [0.29, 0.717) is 0 Å². The first-order chi connectivity index (χ1) is 8.67. The highest BCUT2D eigenvalue weighted by Crippen LogP contribution is 2.08. The fourth-order valence-electron chi connectivity index (χ4n) is 1.93. The van der Waals surface area contributed by atoms with E-state index in [1.54, 1.807) is 0 Å². The molecule has 18 heavy (non-hydrogen) atoms. The molecular weight excluding hydrogens is 229 g/mol. The van der Waals surface area contributed by atoms with Gasteiger partial charge in [-0.1, -0.05) is 12.1 Å². The van der Waals surface area contributed by atoms with E-state index in [4.69, 9.17) is 0 Å². The Morgan fingerprint density at radius 2 is 1.83 bits per heavy atom. The first-order valence-corrected chi connectivity index (χ1v) is 6.11. The van der Waals surface area contributed by atoms with Gasteiger partial charge in [0, 0.05) is 31.4 Å². The summed E-state index contributed by atoms with van der Waals surface area (Å²) >= 11 is 0. The number of hydrogen-bond donors (Lipinski definition) is 0. The quantitative estimate of drug-likeness (QED) is 0.810. The summed E-state index contributed by atoms with van der Waals surface area (Å²) in [7, 11) is 2.05. The molecule has 1 heterocycles. The van der Waals surface area contributed by atoms with Crippen LogP contribution in [0.1, 0.15) is 18.1 Å². The average molecular weight is 247 g/mol. The molecular formula is C14H18FN3. The van der Waals surface area contributed by atoms with Crippen LogP contribution in [-0.4, -0.2) is 21.7 Å².